The molecule has 7 rings (SSSR count). The van der Waals surface area contributed by atoms with E-state index < -0.39 is 79.9 Å². The van der Waals surface area contributed by atoms with Crippen LogP contribution in [0.5, 0.6) is 0 Å². The van der Waals surface area contributed by atoms with Crippen molar-refractivity contribution in [2.75, 3.05) is 26.7 Å². The van der Waals surface area contributed by atoms with Gasteiger partial charge >= 0.3 is 14.7 Å². The van der Waals surface area contributed by atoms with Crippen LogP contribution in [-0.2, 0) is 52.4 Å². The molecule has 5 heterocycles. The highest BCUT2D eigenvalue weighted by molar-refractivity contribution is 7.39. The molecule has 0 bridgehead atoms. The molecule has 73 heavy (non-hydrogen) atoms. The molecule has 3 aromatic rings. The van der Waals surface area contributed by atoms with Crippen molar-refractivity contribution in [2.24, 2.45) is 5.73 Å². The number of alkyl halides is 2. The summed E-state index contributed by atoms with van der Waals surface area (Å²) in [6, 6.07) is 6.24. The number of hydrogen-bond donors (Lipinski definition) is 8. The van der Waals surface area contributed by atoms with Gasteiger partial charge in [0.2, 0.25) is 35.4 Å². The number of aryl methyl sites for hydroxylation is 1. The van der Waals surface area contributed by atoms with Crippen LogP contribution in [0, 0.1) is 0 Å². The summed E-state index contributed by atoms with van der Waals surface area (Å²) < 4.78 is 32.8. The van der Waals surface area contributed by atoms with Crippen LogP contribution in [-0.4, -0.2) is 134 Å². The molecule has 20 nitrogen and oxygen atoms in total. The van der Waals surface area contributed by atoms with Gasteiger partial charge in [-0.2, -0.15) is 8.78 Å². The van der Waals surface area contributed by atoms with Gasteiger partial charge in [0, 0.05) is 55.0 Å². The molecule has 4 aliphatic rings. The predicted molar refractivity (Wildman–Crippen MR) is 263 cm³/mol. The average molecular weight is 1040 g/mol. The van der Waals surface area contributed by atoms with Crippen molar-refractivity contribution >= 4 is 66.8 Å². The monoisotopic (exact) mass is 1040 g/mol. The van der Waals surface area contributed by atoms with Gasteiger partial charge in [0.15, 0.2) is 0 Å². The number of aromatic amines is 1. The van der Waals surface area contributed by atoms with Crippen molar-refractivity contribution in [3.63, 3.8) is 0 Å². The molecule has 0 radical (unpaired) electrons. The second kappa shape index (κ2) is 24.9. The number of benzene rings is 2. The molecule has 5 atom stereocenters. The number of piperidine rings is 1. The summed E-state index contributed by atoms with van der Waals surface area (Å²) in [4.78, 5) is 130. The fourth-order valence-electron chi connectivity index (χ4n) is 10.4. The number of nitrogens with one attached hydrogen (secondary N) is 5. The minimum Gasteiger partial charge on any atom is -0.370 e. The Balaban J connectivity index is 0.830. The zero-order valence-electron chi connectivity index (χ0n) is 41.0. The van der Waals surface area contributed by atoms with Crippen molar-refractivity contribution in [3.8, 4) is 0 Å². The summed E-state index contributed by atoms with van der Waals surface area (Å²) in [5, 5.41) is 11.0. The lowest BCUT2D eigenvalue weighted by Gasteiger charge is -2.37. The smallest absolute Gasteiger partial charge is 0.370 e. The third kappa shape index (κ3) is 14.0. The number of imide groups is 1. The molecule has 396 valence electrons. The molecular weight excluding hydrogens is 972 g/mol. The summed E-state index contributed by atoms with van der Waals surface area (Å²) >= 11 is 0. The SMILES string of the molecule is CN1CC[C@H]2CC[C@@H](C(=O)N[C@@H](CCC(N)=O)C(=O)NCCCCCCCCCCCc3cccc4c3CN(C3CCC(=O)NC3=O)C4=O)N2C(=O)[C@@H](NC(=O)c2cc3cc(C(F)(F)OP(O)O)ccc3[nH]2)C1. The van der Waals surface area contributed by atoms with Gasteiger partial charge in [-0.3, -0.25) is 43.7 Å². The summed E-state index contributed by atoms with van der Waals surface area (Å²) in [7, 11) is -1.55. The number of fused-ring (bicyclic) bond motifs is 3. The van der Waals surface area contributed by atoms with Crippen LogP contribution >= 0.6 is 8.60 Å². The lowest BCUT2D eigenvalue weighted by Crippen LogP contribution is -2.61. The Bertz CT molecular complexity index is 2550. The van der Waals surface area contributed by atoms with Gasteiger partial charge < -0.3 is 51.2 Å². The Kier molecular flexibility index (Phi) is 18.7. The maximum absolute atomic E-state index is 14.4. The fourth-order valence-corrected chi connectivity index (χ4v) is 10.8. The minimum atomic E-state index is -4.01. The Hall–Kier alpha value is -5.93. The van der Waals surface area contributed by atoms with E-state index in [4.69, 9.17) is 15.5 Å². The zero-order chi connectivity index (χ0) is 52.4. The van der Waals surface area contributed by atoms with Crippen molar-refractivity contribution in [1.82, 2.24) is 41.0 Å². The first kappa shape index (κ1) is 54.8. The molecule has 8 amide bonds. The Morgan fingerprint density at radius 2 is 1.66 bits per heavy atom. The van der Waals surface area contributed by atoms with Gasteiger partial charge in [0.05, 0.1) is 5.56 Å². The number of amides is 8. The topological polar surface area (TPSA) is 286 Å². The van der Waals surface area contributed by atoms with Gasteiger partial charge in [-0.1, -0.05) is 57.1 Å². The molecule has 0 aliphatic carbocycles. The van der Waals surface area contributed by atoms with Crippen LogP contribution in [0.2, 0.25) is 0 Å². The number of primary amides is 1. The van der Waals surface area contributed by atoms with Crippen LogP contribution < -0.4 is 27.0 Å². The first-order valence-electron chi connectivity index (χ1n) is 25.2. The van der Waals surface area contributed by atoms with Crippen LogP contribution in [0.25, 0.3) is 10.9 Å². The van der Waals surface area contributed by atoms with Gasteiger partial charge in [-0.25, -0.2) is 4.52 Å². The Morgan fingerprint density at radius 1 is 0.932 bits per heavy atom. The number of halogens is 2. The van der Waals surface area contributed by atoms with Gasteiger partial charge in [0.1, 0.15) is 29.9 Å². The molecule has 4 aliphatic heterocycles. The van der Waals surface area contributed by atoms with Crippen LogP contribution in [0.4, 0.5) is 8.78 Å². The molecule has 2 aromatic carbocycles. The number of hydrogen-bond acceptors (Lipinski definition) is 12. The molecule has 23 heteroatoms. The van der Waals surface area contributed by atoms with Gasteiger partial charge in [-0.15, -0.1) is 0 Å². The first-order valence-corrected chi connectivity index (χ1v) is 26.4. The van der Waals surface area contributed by atoms with Gasteiger partial charge in [-0.05, 0) is 106 Å². The Labute approximate surface area is 422 Å². The second-order valence-corrected chi connectivity index (χ2v) is 20.2. The summed E-state index contributed by atoms with van der Waals surface area (Å²) in [6.07, 6.45) is 7.41. The molecule has 1 aromatic heterocycles. The Morgan fingerprint density at radius 3 is 2.37 bits per heavy atom. The second-order valence-electron chi connectivity index (χ2n) is 19.5. The van der Waals surface area contributed by atoms with Crippen molar-refractivity contribution < 1.29 is 61.4 Å². The van der Waals surface area contributed by atoms with E-state index >= 15 is 0 Å². The largest absolute Gasteiger partial charge is 0.389 e. The number of aromatic nitrogens is 1. The first-order chi connectivity index (χ1) is 34.9. The van der Waals surface area contributed by atoms with Gasteiger partial charge in [0.25, 0.3) is 11.8 Å². The maximum Gasteiger partial charge on any atom is 0.389 e. The summed E-state index contributed by atoms with van der Waals surface area (Å²) in [5.74, 6) is -3.78. The highest BCUT2D eigenvalue weighted by Crippen LogP contribution is 2.42. The van der Waals surface area contributed by atoms with E-state index in [1.807, 2.05) is 17.0 Å². The summed E-state index contributed by atoms with van der Waals surface area (Å²) in [6.45, 7) is 1.39. The number of rotatable bonds is 24. The number of nitrogens with two attached hydrogens (primary N) is 1. The lowest BCUT2D eigenvalue weighted by atomic mass is 9.98. The van der Waals surface area contributed by atoms with E-state index in [1.165, 1.54) is 17.0 Å². The lowest BCUT2D eigenvalue weighted by molar-refractivity contribution is -0.189. The van der Waals surface area contributed by atoms with E-state index in [-0.39, 0.29) is 54.7 Å². The molecule has 9 N–H and O–H groups in total. The molecular formula is C50H66F2N9O11P. The number of nitrogens with zero attached hydrogens (tertiary/aromatic N) is 3. The molecule has 1 unspecified atom stereocenters. The number of unbranched alkanes of at least 4 members (excludes halogenated alkanes) is 8. The molecule has 0 saturated carbocycles. The molecule has 3 saturated heterocycles. The number of carbonyl (C=O) groups is 8. The zero-order valence-corrected chi connectivity index (χ0v) is 41.9. The van der Waals surface area contributed by atoms with Crippen molar-refractivity contribution in [1.29, 1.82) is 0 Å². The number of carbonyl (C=O) groups excluding carboxylic acids is 8. The van der Waals surface area contributed by atoms with E-state index in [2.05, 4.69) is 30.8 Å². The average Bonchev–Trinajstić information content (AvgIpc) is 4.06. The third-order valence-electron chi connectivity index (χ3n) is 14.3. The number of H-pyrrole nitrogens is 1. The van der Waals surface area contributed by atoms with E-state index in [1.54, 1.807) is 18.0 Å². The maximum atomic E-state index is 14.4. The van der Waals surface area contributed by atoms with E-state index in [0.717, 1.165) is 81.0 Å². The highest BCUT2D eigenvalue weighted by Gasteiger charge is 2.46. The van der Waals surface area contributed by atoms with E-state index in [0.29, 0.717) is 62.8 Å². The van der Waals surface area contributed by atoms with Crippen LogP contribution in [0.15, 0.2) is 42.5 Å². The highest BCUT2D eigenvalue weighted by atomic mass is 31.2. The third-order valence-corrected chi connectivity index (χ3v) is 14.7. The fraction of sp³-hybridized carbons (Fsp3) is 0.560. The predicted octanol–water partition coefficient (Wildman–Crippen LogP) is 3.62. The van der Waals surface area contributed by atoms with E-state index in [9.17, 15) is 47.1 Å². The quantitative estimate of drug-likeness (QED) is 0.0363. The molecule has 3 fully saturated rings. The minimum absolute atomic E-state index is 0.0341. The van der Waals surface area contributed by atoms with Crippen molar-refractivity contribution in [2.45, 2.75) is 152 Å². The standard InChI is InChI=1S/C50H66F2N9O11P/c1-59-25-23-33-16-19-41(61(33)49(69)39(29-59)57-45(65)38-27-31-26-32(15-17-36(31)55-38)50(51,52)72-73(70)71)47(67)56-37(18-21-42(53)62)44(64)54-24-10-8-6-4-2-3-5-7-9-12-30-13-11-14-34-35(30)28-60(48(34)68)40-20-22-43(63)58-46(40)66/h11,13-15,17,26-27,33,37,39-41,55,70-71H,2-10,12,16,18-25,28-29H2,1H3,(H2,53,62)(H,54,64)(H,56,67)(H,57,65)(H,58,63,66)/t33-,37+,39+,40?,41+/m1/s1. The van der Waals surface area contributed by atoms with Crippen LogP contribution in [0.1, 0.15) is 140 Å². The normalized spacial score (nSPS) is 20.9. The summed E-state index contributed by atoms with van der Waals surface area (Å²) in [5.41, 5.74) is 7.77. The number of likely N-dealkylation sites (N-methyl/N-ethyl adjacent to an activating group) is 1. The van der Waals surface area contributed by atoms with Crippen LogP contribution in [0.3, 0.4) is 0 Å². The van der Waals surface area contributed by atoms with Crippen molar-refractivity contribution in [3.05, 3.63) is 70.4 Å². The molecule has 0 spiro atoms.